The number of carbonyl (C=O) groups is 1. The van der Waals surface area contributed by atoms with E-state index in [0.717, 1.165) is 0 Å². The highest BCUT2D eigenvalue weighted by Crippen LogP contribution is 2.20. The third-order valence-electron chi connectivity index (χ3n) is 3.36. The van der Waals surface area contributed by atoms with E-state index in [4.69, 9.17) is 4.74 Å². The van der Waals surface area contributed by atoms with Crippen LogP contribution in [0.4, 0.5) is 10.1 Å². The molecule has 4 heteroatoms. The Morgan fingerprint density at radius 3 is 2.27 bits per heavy atom. The van der Waals surface area contributed by atoms with Crippen molar-refractivity contribution in [3.63, 3.8) is 0 Å². The van der Waals surface area contributed by atoms with Gasteiger partial charge in [-0.25, -0.2) is 4.39 Å². The van der Waals surface area contributed by atoms with E-state index in [-0.39, 0.29) is 5.69 Å². The zero-order chi connectivity index (χ0) is 16.1. The van der Waals surface area contributed by atoms with Crippen molar-refractivity contribution in [1.82, 2.24) is 0 Å². The first-order valence-electron chi connectivity index (χ1n) is 7.29. The molecule has 0 bridgehead atoms. The zero-order valence-corrected chi connectivity index (χ0v) is 13.0. The lowest BCUT2D eigenvalue weighted by atomic mass is 10.0. The van der Waals surface area contributed by atoms with Crippen molar-refractivity contribution >= 4 is 11.6 Å². The SMILES string of the molecule is CC(C)c1ccc(O[C@@H](C)C(=O)Nc2ccccc2F)cc1. The van der Waals surface area contributed by atoms with Gasteiger partial charge in [-0.05, 0) is 42.7 Å². The summed E-state index contributed by atoms with van der Waals surface area (Å²) >= 11 is 0. The molecule has 0 spiro atoms. The van der Waals surface area contributed by atoms with Crippen molar-refractivity contribution in [2.45, 2.75) is 32.8 Å². The Morgan fingerprint density at radius 1 is 1.05 bits per heavy atom. The van der Waals surface area contributed by atoms with Gasteiger partial charge in [0.2, 0.25) is 0 Å². The maximum absolute atomic E-state index is 13.5. The molecule has 22 heavy (non-hydrogen) atoms. The normalized spacial score (nSPS) is 12.0. The Morgan fingerprint density at radius 2 is 1.68 bits per heavy atom. The van der Waals surface area contributed by atoms with Gasteiger partial charge in [-0.1, -0.05) is 38.1 Å². The van der Waals surface area contributed by atoms with Crippen LogP contribution in [0.15, 0.2) is 48.5 Å². The molecule has 0 unspecified atom stereocenters. The molecule has 0 aliphatic rings. The number of rotatable bonds is 5. The van der Waals surface area contributed by atoms with E-state index >= 15 is 0 Å². The summed E-state index contributed by atoms with van der Waals surface area (Å²) in [6.45, 7) is 5.85. The molecule has 116 valence electrons. The summed E-state index contributed by atoms with van der Waals surface area (Å²) in [4.78, 5) is 12.0. The molecular weight excluding hydrogens is 281 g/mol. The van der Waals surface area contributed by atoms with Gasteiger partial charge >= 0.3 is 0 Å². The number of carbonyl (C=O) groups excluding carboxylic acids is 1. The van der Waals surface area contributed by atoms with Gasteiger partial charge < -0.3 is 10.1 Å². The van der Waals surface area contributed by atoms with Gasteiger partial charge in [0.05, 0.1) is 5.69 Å². The summed E-state index contributed by atoms with van der Waals surface area (Å²) in [5.41, 5.74) is 1.36. The van der Waals surface area contributed by atoms with Crippen molar-refractivity contribution in [2.24, 2.45) is 0 Å². The summed E-state index contributed by atoms with van der Waals surface area (Å²) in [5, 5.41) is 2.52. The minimum absolute atomic E-state index is 0.151. The number of anilines is 1. The topological polar surface area (TPSA) is 38.3 Å². The summed E-state index contributed by atoms with van der Waals surface area (Å²) in [6.07, 6.45) is -0.718. The number of halogens is 1. The van der Waals surface area contributed by atoms with Crippen LogP contribution in [-0.4, -0.2) is 12.0 Å². The highest BCUT2D eigenvalue weighted by Gasteiger charge is 2.16. The predicted octanol–water partition coefficient (Wildman–Crippen LogP) is 4.36. The Bertz CT molecular complexity index is 638. The van der Waals surface area contributed by atoms with Crippen LogP contribution >= 0.6 is 0 Å². The summed E-state index contributed by atoms with van der Waals surface area (Å²) < 4.78 is 19.1. The van der Waals surface area contributed by atoms with E-state index < -0.39 is 17.8 Å². The van der Waals surface area contributed by atoms with E-state index in [1.807, 2.05) is 24.3 Å². The molecule has 1 N–H and O–H groups in total. The maximum atomic E-state index is 13.5. The van der Waals surface area contributed by atoms with Crippen molar-refractivity contribution in [3.05, 3.63) is 59.9 Å². The van der Waals surface area contributed by atoms with Crippen LogP contribution < -0.4 is 10.1 Å². The van der Waals surface area contributed by atoms with Gasteiger partial charge in [0.25, 0.3) is 5.91 Å². The first kappa shape index (κ1) is 16.0. The summed E-state index contributed by atoms with van der Waals surface area (Å²) in [5.74, 6) is 0.193. The van der Waals surface area contributed by atoms with Crippen molar-refractivity contribution in [3.8, 4) is 5.75 Å². The smallest absolute Gasteiger partial charge is 0.265 e. The van der Waals surface area contributed by atoms with E-state index in [2.05, 4.69) is 19.2 Å². The van der Waals surface area contributed by atoms with Crippen LogP contribution in [0.1, 0.15) is 32.3 Å². The average molecular weight is 301 g/mol. The Balaban J connectivity index is 1.98. The lowest BCUT2D eigenvalue weighted by Crippen LogP contribution is -2.30. The number of amides is 1. The van der Waals surface area contributed by atoms with Crippen LogP contribution in [-0.2, 0) is 4.79 Å². The standard InChI is InChI=1S/C18H20FNO2/c1-12(2)14-8-10-15(11-9-14)22-13(3)18(21)20-17-7-5-4-6-16(17)19/h4-13H,1-3H3,(H,20,21)/t13-/m0/s1. The first-order valence-corrected chi connectivity index (χ1v) is 7.29. The second-order valence-electron chi connectivity index (χ2n) is 5.45. The largest absolute Gasteiger partial charge is 0.481 e. The molecular formula is C18H20FNO2. The van der Waals surface area contributed by atoms with Crippen LogP contribution in [0.3, 0.4) is 0 Å². The molecule has 0 saturated carbocycles. The van der Waals surface area contributed by atoms with Gasteiger partial charge in [0, 0.05) is 0 Å². The molecule has 0 heterocycles. The maximum Gasteiger partial charge on any atom is 0.265 e. The number of hydrogen-bond donors (Lipinski definition) is 1. The minimum atomic E-state index is -0.718. The molecule has 0 radical (unpaired) electrons. The third kappa shape index (κ3) is 4.07. The number of hydrogen-bond acceptors (Lipinski definition) is 2. The highest BCUT2D eigenvalue weighted by atomic mass is 19.1. The van der Waals surface area contributed by atoms with Crippen molar-refractivity contribution in [2.75, 3.05) is 5.32 Å². The minimum Gasteiger partial charge on any atom is -0.481 e. The molecule has 0 aromatic heterocycles. The Kier molecular flexibility index (Phi) is 5.15. The molecule has 1 atom stereocenters. The molecule has 1 amide bonds. The van der Waals surface area contributed by atoms with Crippen molar-refractivity contribution in [1.29, 1.82) is 0 Å². The molecule has 2 aromatic carbocycles. The molecule has 3 nitrogen and oxygen atoms in total. The number of para-hydroxylation sites is 1. The lowest BCUT2D eigenvalue weighted by Gasteiger charge is -2.15. The fourth-order valence-electron chi connectivity index (χ4n) is 1.99. The molecule has 2 aromatic rings. The quantitative estimate of drug-likeness (QED) is 0.891. The zero-order valence-electron chi connectivity index (χ0n) is 13.0. The van der Waals surface area contributed by atoms with Crippen molar-refractivity contribution < 1.29 is 13.9 Å². The fraction of sp³-hybridized carbons (Fsp3) is 0.278. The second kappa shape index (κ2) is 7.07. The first-order chi connectivity index (χ1) is 10.5. The average Bonchev–Trinajstić information content (AvgIpc) is 2.50. The highest BCUT2D eigenvalue weighted by molar-refractivity contribution is 5.94. The number of nitrogens with one attached hydrogen (secondary N) is 1. The molecule has 0 saturated heterocycles. The van der Waals surface area contributed by atoms with Crippen LogP contribution in [0, 0.1) is 5.82 Å². The van der Waals surface area contributed by atoms with Gasteiger partial charge in [-0.15, -0.1) is 0 Å². The van der Waals surface area contributed by atoms with E-state index in [0.29, 0.717) is 11.7 Å². The van der Waals surface area contributed by atoms with Crippen LogP contribution in [0.25, 0.3) is 0 Å². The lowest BCUT2D eigenvalue weighted by molar-refractivity contribution is -0.122. The van der Waals surface area contributed by atoms with E-state index in [1.54, 1.807) is 19.1 Å². The van der Waals surface area contributed by atoms with Crippen LogP contribution in [0.2, 0.25) is 0 Å². The molecule has 0 aliphatic carbocycles. The molecule has 0 fully saturated rings. The number of benzene rings is 2. The van der Waals surface area contributed by atoms with E-state index in [9.17, 15) is 9.18 Å². The van der Waals surface area contributed by atoms with Gasteiger partial charge in [0.15, 0.2) is 6.10 Å². The second-order valence-corrected chi connectivity index (χ2v) is 5.45. The summed E-state index contributed by atoms with van der Waals surface area (Å²) in [7, 11) is 0. The monoisotopic (exact) mass is 301 g/mol. The molecule has 2 rings (SSSR count). The van der Waals surface area contributed by atoms with Gasteiger partial charge in [-0.3, -0.25) is 4.79 Å². The van der Waals surface area contributed by atoms with Gasteiger partial charge in [-0.2, -0.15) is 0 Å². The Labute approximate surface area is 130 Å². The van der Waals surface area contributed by atoms with Gasteiger partial charge in [0.1, 0.15) is 11.6 Å². The van der Waals surface area contributed by atoms with Crippen LogP contribution in [0.5, 0.6) is 5.75 Å². The fourth-order valence-corrected chi connectivity index (χ4v) is 1.99. The number of ether oxygens (including phenoxy) is 1. The molecule has 0 aliphatic heterocycles. The third-order valence-corrected chi connectivity index (χ3v) is 3.36. The predicted molar refractivity (Wildman–Crippen MR) is 85.7 cm³/mol. The Hall–Kier alpha value is -2.36. The van der Waals surface area contributed by atoms with E-state index in [1.165, 1.54) is 17.7 Å². The summed E-state index contributed by atoms with van der Waals surface area (Å²) in [6, 6.07) is 13.7.